The van der Waals surface area contributed by atoms with E-state index in [0.29, 0.717) is 0 Å². The quantitative estimate of drug-likeness (QED) is 0.172. The fraction of sp³-hybridized carbons (Fsp3) is 0. The van der Waals surface area contributed by atoms with Crippen LogP contribution in [0.2, 0.25) is 0 Å². The van der Waals surface area contributed by atoms with Gasteiger partial charge in [0, 0.05) is 0 Å². The molecule has 0 spiro atoms. The molecular weight excluding hydrogens is 460 g/mol. The minimum atomic E-state index is -1.41. The molecule has 0 saturated heterocycles. The Balaban J connectivity index is 1.66. The molecule has 6 rings (SSSR count). The Morgan fingerprint density at radius 2 is 0.486 bits per heavy atom. The van der Waals surface area contributed by atoms with Crippen LogP contribution >= 0.6 is 0 Å². The second kappa shape index (κ2) is 10.7. The van der Waals surface area contributed by atoms with E-state index in [9.17, 15) is 0 Å². The normalized spacial score (nSPS) is 10.9. The van der Waals surface area contributed by atoms with Crippen LogP contribution in [0.15, 0.2) is 164 Å². The molecule has 0 aliphatic rings. The highest BCUT2D eigenvalue weighted by molar-refractivity contribution is 6.97. The van der Waals surface area contributed by atoms with Crippen LogP contribution in [0.25, 0.3) is 33.4 Å². The van der Waals surface area contributed by atoms with Crippen molar-refractivity contribution in [2.24, 2.45) is 0 Å². The maximum absolute atomic E-state index is 2.35. The fourth-order valence-corrected chi connectivity index (χ4v) is 8.30. The van der Waals surface area contributed by atoms with Gasteiger partial charge in [-0.15, -0.1) is 0 Å². The molecule has 37 heavy (non-hydrogen) atoms. The van der Waals surface area contributed by atoms with Gasteiger partial charge in [0.25, 0.3) is 0 Å². The van der Waals surface area contributed by atoms with Crippen LogP contribution in [0.5, 0.6) is 0 Å². The number of benzene rings is 6. The van der Waals surface area contributed by atoms with Gasteiger partial charge >= 0.3 is 0 Å². The van der Waals surface area contributed by atoms with Crippen molar-refractivity contribution < 1.29 is 0 Å². The minimum absolute atomic E-state index is 1.26. The second-order valence-corrected chi connectivity index (χ2v) is 11.5. The van der Waals surface area contributed by atoms with Crippen molar-refractivity contribution in [2.75, 3.05) is 0 Å². The number of hydrogen-bond acceptors (Lipinski definition) is 0. The topological polar surface area (TPSA) is 0 Å². The van der Waals surface area contributed by atoms with E-state index in [1.165, 1.54) is 48.9 Å². The molecule has 0 nitrogen and oxygen atoms in total. The molecule has 0 unspecified atom stereocenters. The molecule has 0 heterocycles. The molecule has 6 aromatic rings. The van der Waals surface area contributed by atoms with Gasteiger partial charge in [-0.25, -0.2) is 0 Å². The zero-order valence-corrected chi connectivity index (χ0v) is 21.6. The van der Waals surface area contributed by atoms with Crippen LogP contribution in [0.3, 0.4) is 0 Å². The summed E-state index contributed by atoms with van der Waals surface area (Å²) in [6, 6.07) is 59.4. The molecule has 1 heteroatoms. The van der Waals surface area contributed by atoms with Gasteiger partial charge < -0.3 is 0 Å². The third-order valence-electron chi connectivity index (χ3n) is 6.84. The smallest absolute Gasteiger partial charge is 0.0623 e. The first-order valence-corrected chi connectivity index (χ1v) is 14.2. The molecule has 0 fully saturated rings. The molecule has 0 saturated carbocycles. The lowest BCUT2D eigenvalue weighted by atomic mass is 10.1. The van der Waals surface area contributed by atoms with Crippen LogP contribution in [-0.2, 0) is 0 Å². The second-order valence-electron chi connectivity index (χ2n) is 9.11. The average Bonchev–Trinajstić information content (AvgIpc) is 2.99. The third-order valence-corrected chi connectivity index (χ3v) is 9.77. The van der Waals surface area contributed by atoms with Gasteiger partial charge in [0.2, 0.25) is 0 Å². The lowest BCUT2D eigenvalue weighted by Crippen LogP contribution is -2.54. The summed E-state index contributed by atoms with van der Waals surface area (Å²) in [7, 11) is -1.41. The standard InChI is InChI=1S/C36H27Si/c1-4-16-28(17-5-1)31-22-10-13-25-34(31)37(35-26-14-11-23-32(35)29-18-6-2-7-19-29)36-27-15-12-24-33(36)30-20-8-3-9-21-30/h1-27H. The first-order chi connectivity index (χ1) is 18.4. The molecule has 0 aliphatic carbocycles. The van der Waals surface area contributed by atoms with Gasteiger partial charge in [0.15, 0.2) is 8.80 Å². The molecule has 0 atom stereocenters. The highest BCUT2D eigenvalue weighted by Crippen LogP contribution is 2.23. The largest absolute Gasteiger partial charge is 0.156 e. The first-order valence-electron chi connectivity index (χ1n) is 12.7. The van der Waals surface area contributed by atoms with E-state index in [0.717, 1.165) is 0 Å². The highest BCUT2D eigenvalue weighted by atomic mass is 28.3. The van der Waals surface area contributed by atoms with E-state index in [1.807, 2.05) is 0 Å². The van der Waals surface area contributed by atoms with Crippen molar-refractivity contribution in [1.29, 1.82) is 0 Å². The zero-order valence-electron chi connectivity index (χ0n) is 20.6. The van der Waals surface area contributed by atoms with Gasteiger partial charge in [-0.2, -0.15) is 0 Å². The summed E-state index contributed by atoms with van der Waals surface area (Å²) in [5, 5.41) is 4.22. The van der Waals surface area contributed by atoms with E-state index in [1.54, 1.807) is 0 Å². The van der Waals surface area contributed by atoms with Gasteiger partial charge in [0.1, 0.15) is 0 Å². The molecule has 0 aliphatic heterocycles. The summed E-state index contributed by atoms with van der Waals surface area (Å²) in [5.74, 6) is 0. The highest BCUT2D eigenvalue weighted by Gasteiger charge is 2.27. The minimum Gasteiger partial charge on any atom is -0.0623 e. The average molecular weight is 488 g/mol. The predicted octanol–water partition coefficient (Wildman–Crippen LogP) is 7.20. The van der Waals surface area contributed by atoms with Crippen molar-refractivity contribution in [2.45, 2.75) is 0 Å². The molecule has 0 aromatic heterocycles. The zero-order chi connectivity index (χ0) is 24.9. The Kier molecular flexibility index (Phi) is 6.61. The van der Waals surface area contributed by atoms with Crippen LogP contribution in [0.1, 0.15) is 0 Å². The Morgan fingerprint density at radius 1 is 0.243 bits per heavy atom. The van der Waals surface area contributed by atoms with Gasteiger partial charge in [0.05, 0.1) is 0 Å². The van der Waals surface area contributed by atoms with E-state index in [2.05, 4.69) is 164 Å². The van der Waals surface area contributed by atoms with Gasteiger partial charge in [-0.1, -0.05) is 164 Å². The Bertz CT molecular complexity index is 1410. The van der Waals surface area contributed by atoms with Gasteiger partial charge in [-0.3, -0.25) is 0 Å². The van der Waals surface area contributed by atoms with Crippen molar-refractivity contribution in [3.8, 4) is 33.4 Å². The maximum Gasteiger partial charge on any atom is 0.156 e. The van der Waals surface area contributed by atoms with Crippen molar-refractivity contribution in [1.82, 2.24) is 0 Å². The van der Waals surface area contributed by atoms with Crippen LogP contribution in [0.4, 0.5) is 0 Å². The maximum atomic E-state index is 2.35. The monoisotopic (exact) mass is 487 g/mol. The van der Waals surface area contributed by atoms with Gasteiger partial charge in [-0.05, 0) is 48.9 Å². The first kappa shape index (κ1) is 23.0. The van der Waals surface area contributed by atoms with Crippen molar-refractivity contribution in [3.05, 3.63) is 164 Å². The van der Waals surface area contributed by atoms with Crippen LogP contribution in [-0.4, -0.2) is 8.80 Å². The summed E-state index contributed by atoms with van der Waals surface area (Å²) < 4.78 is 0. The molecule has 175 valence electrons. The molecule has 0 amide bonds. The van der Waals surface area contributed by atoms with E-state index >= 15 is 0 Å². The SMILES string of the molecule is c1ccc(-c2ccccc2[Si](c2ccccc2-c2ccccc2)c2ccccc2-c2ccccc2)cc1. The Labute approximate surface area is 221 Å². The lowest BCUT2D eigenvalue weighted by molar-refractivity contribution is 1.62. The molecule has 1 radical (unpaired) electrons. The van der Waals surface area contributed by atoms with E-state index < -0.39 is 8.80 Å². The van der Waals surface area contributed by atoms with E-state index in [4.69, 9.17) is 0 Å². The van der Waals surface area contributed by atoms with E-state index in [-0.39, 0.29) is 0 Å². The van der Waals surface area contributed by atoms with Crippen LogP contribution in [0, 0.1) is 0 Å². The molecule has 0 N–H and O–H groups in total. The predicted molar refractivity (Wildman–Crippen MR) is 160 cm³/mol. The fourth-order valence-electron chi connectivity index (χ4n) is 5.15. The summed E-state index contributed by atoms with van der Waals surface area (Å²) in [5.41, 5.74) is 7.70. The molecule has 0 bridgehead atoms. The number of hydrogen-bond donors (Lipinski definition) is 0. The van der Waals surface area contributed by atoms with Crippen LogP contribution < -0.4 is 15.6 Å². The number of rotatable bonds is 6. The van der Waals surface area contributed by atoms with Crippen molar-refractivity contribution >= 4 is 24.4 Å². The molecule has 6 aromatic carbocycles. The van der Waals surface area contributed by atoms with Crippen molar-refractivity contribution in [3.63, 3.8) is 0 Å². The Morgan fingerprint density at radius 3 is 0.784 bits per heavy atom. The third kappa shape index (κ3) is 4.70. The molecular formula is C36H27Si. The summed E-state index contributed by atoms with van der Waals surface area (Å²) in [6.45, 7) is 0. The summed E-state index contributed by atoms with van der Waals surface area (Å²) in [4.78, 5) is 0. The summed E-state index contributed by atoms with van der Waals surface area (Å²) in [6.07, 6.45) is 0. The summed E-state index contributed by atoms with van der Waals surface area (Å²) >= 11 is 0. The Hall–Kier alpha value is -4.46. The lowest BCUT2D eigenvalue weighted by Gasteiger charge is -2.25.